The van der Waals surface area contributed by atoms with Crippen molar-refractivity contribution < 1.29 is 24.0 Å². The standard InChI is InChI=1S/C26H22N4O6/c1-2-23(31)28-21-14-12-19(13-15-21)26(33)29-27-17-20-9-6-10-22(30(34)35)25(20)36-24(32)16-11-18-7-4-3-5-8-18/h3-17H,2H2,1H3,(H,28,31)(H,29,33)/b16-11+,27-17+. The zero-order valence-electron chi connectivity index (χ0n) is 19.2. The van der Waals surface area contributed by atoms with Gasteiger partial charge < -0.3 is 10.1 Å². The van der Waals surface area contributed by atoms with Crippen LogP contribution in [0.15, 0.2) is 84.0 Å². The molecule has 182 valence electrons. The molecule has 0 fully saturated rings. The average Bonchev–Trinajstić information content (AvgIpc) is 2.89. The van der Waals surface area contributed by atoms with Crippen LogP contribution in [-0.2, 0) is 9.59 Å². The van der Waals surface area contributed by atoms with E-state index in [1.165, 1.54) is 36.4 Å². The minimum atomic E-state index is -0.818. The first-order valence-corrected chi connectivity index (χ1v) is 10.8. The summed E-state index contributed by atoms with van der Waals surface area (Å²) >= 11 is 0. The summed E-state index contributed by atoms with van der Waals surface area (Å²) in [7, 11) is 0. The van der Waals surface area contributed by atoms with Gasteiger partial charge in [-0.2, -0.15) is 5.10 Å². The fraction of sp³-hybridized carbons (Fsp3) is 0.0769. The van der Waals surface area contributed by atoms with Crippen LogP contribution in [0, 0.1) is 10.1 Å². The topological polar surface area (TPSA) is 140 Å². The number of hydrazone groups is 1. The van der Waals surface area contributed by atoms with Crippen molar-refractivity contribution in [3.05, 3.63) is 106 Å². The van der Waals surface area contributed by atoms with E-state index in [0.717, 1.165) is 17.9 Å². The largest absolute Gasteiger partial charge is 0.415 e. The zero-order chi connectivity index (χ0) is 25.9. The van der Waals surface area contributed by atoms with Crippen molar-refractivity contribution in [2.75, 3.05) is 5.32 Å². The summed E-state index contributed by atoms with van der Waals surface area (Å²) in [5, 5.41) is 18.0. The second kappa shape index (κ2) is 12.4. The first kappa shape index (κ1) is 25.5. The van der Waals surface area contributed by atoms with E-state index in [9.17, 15) is 24.5 Å². The fourth-order valence-electron chi connectivity index (χ4n) is 2.94. The molecule has 10 heteroatoms. The minimum absolute atomic E-state index is 0.114. The number of carbonyl (C=O) groups is 3. The first-order chi connectivity index (χ1) is 17.4. The number of carbonyl (C=O) groups excluding carboxylic acids is 3. The van der Waals surface area contributed by atoms with Gasteiger partial charge in [-0.3, -0.25) is 19.7 Å². The molecule has 3 rings (SSSR count). The van der Waals surface area contributed by atoms with Crippen LogP contribution in [0.25, 0.3) is 6.08 Å². The van der Waals surface area contributed by atoms with Crippen molar-refractivity contribution >= 4 is 41.4 Å². The van der Waals surface area contributed by atoms with Crippen LogP contribution >= 0.6 is 0 Å². The number of anilines is 1. The molecule has 2 N–H and O–H groups in total. The monoisotopic (exact) mass is 486 g/mol. The van der Waals surface area contributed by atoms with E-state index in [1.54, 1.807) is 43.3 Å². The normalized spacial score (nSPS) is 10.8. The summed E-state index contributed by atoms with van der Waals surface area (Å²) in [5.74, 6) is -1.82. The Bertz CT molecular complexity index is 1320. The minimum Gasteiger partial charge on any atom is -0.415 e. The van der Waals surface area contributed by atoms with Gasteiger partial charge in [-0.1, -0.05) is 43.3 Å². The number of ether oxygens (including phenoxy) is 1. The summed E-state index contributed by atoms with van der Waals surface area (Å²) < 4.78 is 5.25. The number of para-hydroxylation sites is 1. The Kier molecular flexibility index (Phi) is 8.76. The average molecular weight is 486 g/mol. The van der Waals surface area contributed by atoms with E-state index in [2.05, 4.69) is 15.8 Å². The van der Waals surface area contributed by atoms with E-state index in [1.807, 2.05) is 6.07 Å². The maximum absolute atomic E-state index is 12.4. The number of rotatable bonds is 9. The molecule has 0 atom stereocenters. The molecular weight excluding hydrogens is 464 g/mol. The smallest absolute Gasteiger partial charge is 0.336 e. The van der Waals surface area contributed by atoms with E-state index >= 15 is 0 Å². The number of hydrogen-bond acceptors (Lipinski definition) is 7. The number of benzene rings is 3. The predicted molar refractivity (Wildman–Crippen MR) is 135 cm³/mol. The van der Waals surface area contributed by atoms with Gasteiger partial charge in [0.2, 0.25) is 11.7 Å². The molecule has 10 nitrogen and oxygen atoms in total. The van der Waals surface area contributed by atoms with Gasteiger partial charge in [-0.25, -0.2) is 10.2 Å². The molecule has 0 aliphatic carbocycles. The number of esters is 1. The van der Waals surface area contributed by atoms with Crippen LogP contribution in [0.5, 0.6) is 5.75 Å². The van der Waals surface area contributed by atoms with E-state index in [4.69, 9.17) is 4.74 Å². The quantitative estimate of drug-likeness (QED) is 0.115. The number of nitro benzene ring substituents is 1. The second-order valence-corrected chi connectivity index (χ2v) is 7.30. The molecule has 0 aliphatic rings. The van der Waals surface area contributed by atoms with Crippen LogP contribution < -0.4 is 15.5 Å². The third-order valence-corrected chi connectivity index (χ3v) is 4.76. The molecule has 0 heterocycles. The summed E-state index contributed by atoms with van der Waals surface area (Å²) in [6, 6.07) is 19.2. The Balaban J connectivity index is 1.72. The third kappa shape index (κ3) is 7.19. The Morgan fingerprint density at radius 2 is 1.72 bits per heavy atom. The molecule has 2 amide bonds. The van der Waals surface area contributed by atoms with Gasteiger partial charge in [0.05, 0.1) is 11.1 Å². The molecule has 0 saturated heterocycles. The van der Waals surface area contributed by atoms with E-state index in [0.29, 0.717) is 12.1 Å². The third-order valence-electron chi connectivity index (χ3n) is 4.76. The first-order valence-electron chi connectivity index (χ1n) is 10.8. The number of nitrogens with zero attached hydrogens (tertiary/aromatic N) is 2. The SMILES string of the molecule is CCC(=O)Nc1ccc(C(=O)N/N=C/c2cccc([N+](=O)[O-])c2OC(=O)/C=C/c2ccccc2)cc1. The molecule has 0 unspecified atom stereocenters. The van der Waals surface area contributed by atoms with Crippen LogP contribution in [0.1, 0.15) is 34.8 Å². The summed E-state index contributed by atoms with van der Waals surface area (Å²) in [5.41, 5.74) is 3.57. The lowest BCUT2D eigenvalue weighted by atomic mass is 10.2. The van der Waals surface area contributed by atoms with E-state index < -0.39 is 22.5 Å². The summed E-state index contributed by atoms with van der Waals surface area (Å²) in [4.78, 5) is 46.9. The number of hydrogen-bond donors (Lipinski definition) is 2. The second-order valence-electron chi connectivity index (χ2n) is 7.30. The molecule has 3 aromatic carbocycles. The van der Waals surface area contributed by atoms with Crippen LogP contribution in [-0.4, -0.2) is 28.9 Å². The molecule has 36 heavy (non-hydrogen) atoms. The number of amides is 2. The van der Waals surface area contributed by atoms with E-state index in [-0.39, 0.29) is 22.8 Å². The van der Waals surface area contributed by atoms with Crippen molar-refractivity contribution in [1.82, 2.24) is 5.43 Å². The highest BCUT2D eigenvalue weighted by atomic mass is 16.6. The summed E-state index contributed by atoms with van der Waals surface area (Å²) in [6.45, 7) is 1.73. The lowest BCUT2D eigenvalue weighted by Gasteiger charge is -2.07. The fourth-order valence-corrected chi connectivity index (χ4v) is 2.94. The molecule has 0 aliphatic heterocycles. The molecule has 3 aromatic rings. The highest BCUT2D eigenvalue weighted by Crippen LogP contribution is 2.30. The summed E-state index contributed by atoms with van der Waals surface area (Å²) in [6.07, 6.45) is 4.14. The molecule has 0 aromatic heterocycles. The lowest BCUT2D eigenvalue weighted by molar-refractivity contribution is -0.385. The predicted octanol–water partition coefficient (Wildman–Crippen LogP) is 4.33. The van der Waals surface area contributed by atoms with Crippen molar-refractivity contribution in [2.24, 2.45) is 5.10 Å². The van der Waals surface area contributed by atoms with Crippen molar-refractivity contribution in [3.8, 4) is 5.75 Å². The Morgan fingerprint density at radius 1 is 1.00 bits per heavy atom. The van der Waals surface area contributed by atoms with Crippen molar-refractivity contribution in [2.45, 2.75) is 13.3 Å². The lowest BCUT2D eigenvalue weighted by Crippen LogP contribution is -2.18. The van der Waals surface area contributed by atoms with Gasteiger partial charge in [0.25, 0.3) is 5.91 Å². The van der Waals surface area contributed by atoms with Crippen molar-refractivity contribution in [1.29, 1.82) is 0 Å². The van der Waals surface area contributed by atoms with Crippen molar-refractivity contribution in [3.63, 3.8) is 0 Å². The highest BCUT2D eigenvalue weighted by Gasteiger charge is 2.20. The Morgan fingerprint density at radius 3 is 2.39 bits per heavy atom. The van der Waals surface area contributed by atoms with Gasteiger partial charge >= 0.3 is 11.7 Å². The van der Waals surface area contributed by atoms with Crippen LogP contribution in [0.3, 0.4) is 0 Å². The Hall–Kier alpha value is -5.12. The van der Waals surface area contributed by atoms with Crippen LogP contribution in [0.4, 0.5) is 11.4 Å². The van der Waals surface area contributed by atoms with Gasteiger partial charge in [0.15, 0.2) is 0 Å². The van der Waals surface area contributed by atoms with Gasteiger partial charge in [0.1, 0.15) is 0 Å². The number of nitro groups is 1. The van der Waals surface area contributed by atoms with Crippen LogP contribution in [0.2, 0.25) is 0 Å². The van der Waals surface area contributed by atoms with Gasteiger partial charge in [-0.05, 0) is 42.0 Å². The highest BCUT2D eigenvalue weighted by molar-refractivity contribution is 5.97. The Labute approximate surface area is 206 Å². The molecule has 0 saturated carbocycles. The molecular formula is C26H22N4O6. The molecule has 0 radical (unpaired) electrons. The zero-order valence-corrected chi connectivity index (χ0v) is 19.2. The maximum Gasteiger partial charge on any atom is 0.336 e. The maximum atomic E-state index is 12.4. The molecule has 0 spiro atoms. The van der Waals surface area contributed by atoms with Gasteiger partial charge in [0, 0.05) is 35.4 Å². The molecule has 0 bridgehead atoms. The number of nitrogens with one attached hydrogen (secondary N) is 2. The van der Waals surface area contributed by atoms with Gasteiger partial charge in [-0.15, -0.1) is 0 Å².